The summed E-state index contributed by atoms with van der Waals surface area (Å²) in [5, 5.41) is 8.52. The van der Waals surface area contributed by atoms with Gasteiger partial charge in [-0.1, -0.05) is 36.4 Å². The van der Waals surface area contributed by atoms with Crippen molar-refractivity contribution in [1.82, 2.24) is 10.2 Å². The Hall–Kier alpha value is -4.57. The fourth-order valence-electron chi connectivity index (χ4n) is 5.37. The zero-order valence-electron chi connectivity index (χ0n) is 23.8. The third-order valence-corrected chi connectivity index (χ3v) is 7.59. The predicted octanol–water partition coefficient (Wildman–Crippen LogP) is 4.47. The molecule has 0 aliphatic carbocycles. The predicted molar refractivity (Wildman–Crippen MR) is 159 cm³/mol. The molecular weight excluding hydrogens is 536 g/mol. The summed E-state index contributed by atoms with van der Waals surface area (Å²) < 4.78 is 17.5. The molecule has 220 valence electrons. The molecule has 0 saturated carbocycles. The first kappa shape index (κ1) is 28.9. The highest BCUT2D eigenvalue weighted by atomic mass is 16.5. The van der Waals surface area contributed by atoms with E-state index in [-0.39, 0.29) is 43.1 Å². The number of hydrogen-bond donors (Lipinski definition) is 3. The summed E-state index contributed by atoms with van der Waals surface area (Å²) in [4.78, 5) is 40.4. The number of fused-ring (bicyclic) bond motifs is 2. The van der Waals surface area contributed by atoms with Crippen LogP contribution in [0.1, 0.15) is 35.2 Å². The molecule has 1 saturated heterocycles. The zero-order chi connectivity index (χ0) is 29.5. The quantitative estimate of drug-likeness (QED) is 0.367. The van der Waals surface area contributed by atoms with Crippen molar-refractivity contribution in [1.29, 1.82) is 0 Å². The Morgan fingerprint density at radius 1 is 0.976 bits per heavy atom. The van der Waals surface area contributed by atoms with Crippen LogP contribution in [0.5, 0.6) is 11.5 Å². The summed E-state index contributed by atoms with van der Waals surface area (Å²) in [6, 6.07) is 21.4. The summed E-state index contributed by atoms with van der Waals surface area (Å²) in [7, 11) is 3.31. The summed E-state index contributed by atoms with van der Waals surface area (Å²) in [5.74, 6) is 0.759. The molecule has 3 atom stereocenters. The van der Waals surface area contributed by atoms with Crippen molar-refractivity contribution in [2.45, 2.75) is 43.9 Å². The first-order chi connectivity index (χ1) is 20.4. The number of nitrogens with zero attached hydrogens (tertiary/aromatic N) is 1. The molecule has 0 bridgehead atoms. The second-order valence-electron chi connectivity index (χ2n) is 10.5. The van der Waals surface area contributed by atoms with Crippen molar-refractivity contribution in [3.05, 3.63) is 83.9 Å². The van der Waals surface area contributed by atoms with Crippen molar-refractivity contribution >= 4 is 29.2 Å². The Bertz CT molecular complexity index is 1420. The fraction of sp³-hybridized carbons (Fsp3) is 0.344. The van der Waals surface area contributed by atoms with E-state index in [0.29, 0.717) is 47.8 Å². The molecular formula is C32H36N4O6. The second kappa shape index (κ2) is 13.4. The van der Waals surface area contributed by atoms with Gasteiger partial charge in [-0.3, -0.25) is 9.59 Å². The highest BCUT2D eigenvalue weighted by molar-refractivity contribution is 6.02. The monoisotopic (exact) mass is 572 g/mol. The fourth-order valence-corrected chi connectivity index (χ4v) is 5.37. The number of methoxy groups -OCH3 is 1. The topological polar surface area (TPSA) is 118 Å². The largest absolute Gasteiger partial charge is 0.497 e. The molecule has 3 aromatic carbocycles. The average molecular weight is 573 g/mol. The number of urea groups is 1. The van der Waals surface area contributed by atoms with E-state index in [2.05, 4.69) is 16.0 Å². The van der Waals surface area contributed by atoms with E-state index in [1.807, 2.05) is 30.3 Å². The molecule has 5 rings (SSSR count). The molecule has 0 spiro atoms. The number of benzene rings is 3. The van der Waals surface area contributed by atoms with Crippen molar-refractivity contribution < 1.29 is 28.6 Å². The normalized spacial score (nSPS) is 19.7. The Morgan fingerprint density at radius 3 is 2.55 bits per heavy atom. The number of anilines is 2. The average Bonchev–Trinajstić information content (AvgIpc) is 3.00. The zero-order valence-corrected chi connectivity index (χ0v) is 23.8. The van der Waals surface area contributed by atoms with Gasteiger partial charge in [-0.25, -0.2) is 4.79 Å². The van der Waals surface area contributed by atoms with E-state index in [0.717, 1.165) is 6.42 Å². The minimum Gasteiger partial charge on any atom is -0.497 e. The maximum Gasteiger partial charge on any atom is 0.323 e. The van der Waals surface area contributed by atoms with E-state index in [4.69, 9.17) is 14.2 Å². The Kier molecular flexibility index (Phi) is 9.23. The summed E-state index contributed by atoms with van der Waals surface area (Å²) in [6.07, 6.45) is 1.77. The van der Waals surface area contributed by atoms with Gasteiger partial charge in [-0.2, -0.15) is 0 Å². The Balaban J connectivity index is 1.17. The maximum atomic E-state index is 13.5. The highest BCUT2D eigenvalue weighted by Crippen LogP contribution is 2.32. The summed E-state index contributed by atoms with van der Waals surface area (Å²) in [6.45, 7) is 0.808. The van der Waals surface area contributed by atoms with E-state index >= 15 is 0 Å². The number of rotatable bonds is 8. The number of amides is 4. The van der Waals surface area contributed by atoms with E-state index in [9.17, 15) is 14.4 Å². The Morgan fingerprint density at radius 2 is 1.76 bits per heavy atom. The van der Waals surface area contributed by atoms with Crippen molar-refractivity contribution in [3.8, 4) is 11.5 Å². The number of carbonyl (C=O) groups is 3. The molecule has 2 heterocycles. The molecule has 10 nitrogen and oxygen atoms in total. The van der Waals surface area contributed by atoms with Gasteiger partial charge in [0.2, 0.25) is 5.91 Å². The lowest BCUT2D eigenvalue weighted by Gasteiger charge is -2.42. The van der Waals surface area contributed by atoms with Gasteiger partial charge in [0.15, 0.2) is 0 Å². The molecule has 10 heteroatoms. The van der Waals surface area contributed by atoms with E-state index in [1.165, 1.54) is 5.56 Å². The first-order valence-corrected chi connectivity index (χ1v) is 14.1. The van der Waals surface area contributed by atoms with E-state index < -0.39 is 6.03 Å². The standard InChI is InChI=1S/C32H36N4O6/c1-36-27-13-12-25(19-30(37)33-16-15-21-7-4-3-5-8-21)42-29(27)20-41-28-14-11-23(18-26(28)31(36)38)35-32(39)34-22-9-6-10-24(17-22)40-2/h3-11,14,17-18,25,27,29H,12-13,15-16,19-20H2,1-2H3,(H,33,37)(H2,34,35,39)/t25-,27+,29+/m1/s1. The van der Waals surface area contributed by atoms with E-state index in [1.54, 1.807) is 61.5 Å². The third-order valence-electron chi connectivity index (χ3n) is 7.59. The highest BCUT2D eigenvalue weighted by Gasteiger charge is 2.39. The molecule has 2 aliphatic heterocycles. The lowest BCUT2D eigenvalue weighted by Crippen LogP contribution is -2.54. The van der Waals surface area contributed by atoms with Gasteiger partial charge in [0, 0.05) is 31.0 Å². The minimum atomic E-state index is -0.452. The molecule has 4 amide bonds. The van der Waals surface area contributed by atoms with Gasteiger partial charge in [-0.15, -0.1) is 0 Å². The maximum absolute atomic E-state index is 13.5. The van der Waals surface area contributed by atoms with Gasteiger partial charge in [0.1, 0.15) is 24.2 Å². The van der Waals surface area contributed by atoms with Crippen LogP contribution in [0.25, 0.3) is 0 Å². The van der Waals surface area contributed by atoms with Crippen molar-refractivity contribution in [2.24, 2.45) is 0 Å². The lowest BCUT2D eigenvalue weighted by atomic mass is 9.94. The smallest absolute Gasteiger partial charge is 0.323 e. The third kappa shape index (κ3) is 7.19. The first-order valence-electron chi connectivity index (χ1n) is 14.1. The number of likely N-dealkylation sites (N-methyl/N-ethyl adjacent to an activating group) is 1. The SMILES string of the molecule is COc1cccc(NC(=O)Nc2ccc3c(c2)C(=O)N(C)[C@H]2CC[C@H](CC(=O)NCCc4ccccc4)O[C@H]2CO3)c1. The van der Waals surface area contributed by atoms with Crippen molar-refractivity contribution in [2.75, 3.05) is 37.9 Å². The van der Waals surface area contributed by atoms with Gasteiger partial charge < -0.3 is 35.1 Å². The number of nitrogens with one attached hydrogen (secondary N) is 3. The van der Waals surface area contributed by atoms with Crippen LogP contribution >= 0.6 is 0 Å². The summed E-state index contributed by atoms with van der Waals surface area (Å²) >= 11 is 0. The van der Waals surface area contributed by atoms with Crippen LogP contribution in [0.2, 0.25) is 0 Å². The molecule has 2 aliphatic rings. The molecule has 1 fully saturated rings. The van der Waals surface area contributed by atoms with Crippen LogP contribution in [-0.4, -0.2) is 68.3 Å². The van der Waals surface area contributed by atoms with Crippen LogP contribution in [0, 0.1) is 0 Å². The van der Waals surface area contributed by atoms with Gasteiger partial charge in [0.25, 0.3) is 5.91 Å². The molecule has 0 aromatic heterocycles. The number of carbonyl (C=O) groups excluding carboxylic acids is 3. The molecule has 0 unspecified atom stereocenters. The molecule has 42 heavy (non-hydrogen) atoms. The van der Waals surface area contributed by atoms with Crippen LogP contribution < -0.4 is 25.4 Å². The molecule has 0 radical (unpaired) electrons. The number of ether oxygens (including phenoxy) is 3. The molecule has 3 N–H and O–H groups in total. The lowest BCUT2D eigenvalue weighted by molar-refractivity contribution is -0.134. The van der Waals surface area contributed by atoms with Gasteiger partial charge in [0.05, 0.1) is 31.2 Å². The second-order valence-corrected chi connectivity index (χ2v) is 10.5. The van der Waals surface area contributed by atoms with Crippen LogP contribution in [0.3, 0.4) is 0 Å². The summed E-state index contributed by atoms with van der Waals surface area (Å²) in [5.41, 5.74) is 2.56. The molecule has 3 aromatic rings. The van der Waals surface area contributed by atoms with Crippen LogP contribution in [-0.2, 0) is 16.0 Å². The minimum absolute atomic E-state index is 0.0496. The number of hydrogen-bond acceptors (Lipinski definition) is 6. The Labute approximate surface area is 245 Å². The van der Waals surface area contributed by atoms with Gasteiger partial charge in [-0.05, 0) is 55.2 Å². The van der Waals surface area contributed by atoms with Gasteiger partial charge >= 0.3 is 6.03 Å². The van der Waals surface area contributed by atoms with Crippen LogP contribution in [0.4, 0.5) is 16.2 Å². The van der Waals surface area contributed by atoms with Crippen molar-refractivity contribution in [3.63, 3.8) is 0 Å². The van der Waals surface area contributed by atoms with Crippen LogP contribution in [0.15, 0.2) is 72.8 Å².